The fourth-order valence-corrected chi connectivity index (χ4v) is 1.74. The molecule has 3 N–H and O–H groups in total. The molecule has 0 radical (unpaired) electrons. The highest BCUT2D eigenvalue weighted by molar-refractivity contribution is 5.94. The minimum absolute atomic E-state index is 0.0157. The number of nitrogen functional groups attached to an aromatic ring is 1. The summed E-state index contributed by atoms with van der Waals surface area (Å²) in [7, 11) is 0. The fraction of sp³-hybridized carbons (Fsp3) is 0.333. The van der Waals surface area contributed by atoms with Crippen LogP contribution < -0.4 is 11.1 Å². The van der Waals surface area contributed by atoms with E-state index in [-0.39, 0.29) is 18.4 Å². The van der Waals surface area contributed by atoms with Gasteiger partial charge in [0.1, 0.15) is 0 Å². The van der Waals surface area contributed by atoms with Gasteiger partial charge in [0, 0.05) is 24.9 Å². The van der Waals surface area contributed by atoms with Crippen molar-refractivity contribution in [2.45, 2.75) is 13.8 Å². The largest absolute Gasteiger partial charge is 0.399 e. The van der Waals surface area contributed by atoms with Gasteiger partial charge in [-0.3, -0.25) is 9.59 Å². The van der Waals surface area contributed by atoms with E-state index >= 15 is 0 Å². The van der Waals surface area contributed by atoms with Crippen molar-refractivity contribution in [3.8, 4) is 0 Å². The monoisotopic (exact) mass is 275 g/mol. The van der Waals surface area contributed by atoms with E-state index in [2.05, 4.69) is 5.32 Å². The van der Waals surface area contributed by atoms with Gasteiger partial charge in [0.25, 0.3) is 0 Å². The molecule has 0 aliphatic heterocycles. The molecule has 0 bridgehead atoms. The Hall–Kier alpha value is -2.30. The molecule has 0 spiro atoms. The van der Waals surface area contributed by atoms with Crippen molar-refractivity contribution < 1.29 is 9.59 Å². The number of carbonyl (C=O) groups is 2. The molecule has 0 aliphatic carbocycles. The average molecular weight is 275 g/mol. The second-order valence-corrected chi connectivity index (χ2v) is 4.29. The number of carbonyl (C=O) groups excluding carboxylic acids is 2. The predicted molar refractivity (Wildman–Crippen MR) is 80.8 cm³/mol. The van der Waals surface area contributed by atoms with E-state index in [1.165, 1.54) is 6.08 Å². The SMILES string of the molecule is CCN(CC)C(=O)CNC(=O)/C=C/c1cccc(N)c1. The van der Waals surface area contributed by atoms with Crippen LogP contribution in [0.3, 0.4) is 0 Å². The van der Waals surface area contributed by atoms with Crippen LogP contribution in [0.4, 0.5) is 5.69 Å². The number of benzene rings is 1. The van der Waals surface area contributed by atoms with E-state index in [0.717, 1.165) is 5.56 Å². The molecular weight excluding hydrogens is 254 g/mol. The molecule has 0 aliphatic rings. The van der Waals surface area contributed by atoms with Gasteiger partial charge >= 0.3 is 0 Å². The fourth-order valence-electron chi connectivity index (χ4n) is 1.74. The molecule has 2 amide bonds. The van der Waals surface area contributed by atoms with Crippen LogP contribution in [0.15, 0.2) is 30.3 Å². The van der Waals surface area contributed by atoms with E-state index in [1.54, 1.807) is 23.1 Å². The van der Waals surface area contributed by atoms with Crippen LogP contribution in [-0.4, -0.2) is 36.3 Å². The Bertz CT molecular complexity index is 494. The molecule has 0 aromatic heterocycles. The first-order valence-corrected chi connectivity index (χ1v) is 6.66. The van der Waals surface area contributed by atoms with E-state index in [0.29, 0.717) is 18.8 Å². The highest BCUT2D eigenvalue weighted by Gasteiger charge is 2.09. The van der Waals surface area contributed by atoms with E-state index in [4.69, 9.17) is 5.73 Å². The van der Waals surface area contributed by atoms with Crippen molar-refractivity contribution in [2.24, 2.45) is 0 Å². The molecular formula is C15H21N3O2. The number of nitrogens with two attached hydrogens (primary N) is 1. The minimum atomic E-state index is -0.298. The van der Waals surface area contributed by atoms with Crippen LogP contribution in [0, 0.1) is 0 Å². The Kier molecular flexibility index (Phi) is 6.29. The zero-order valence-corrected chi connectivity index (χ0v) is 11.9. The van der Waals surface area contributed by atoms with Crippen molar-refractivity contribution in [3.63, 3.8) is 0 Å². The van der Waals surface area contributed by atoms with Crippen LogP contribution >= 0.6 is 0 Å². The molecule has 0 atom stereocenters. The number of nitrogens with one attached hydrogen (secondary N) is 1. The summed E-state index contributed by atoms with van der Waals surface area (Å²) in [6, 6.07) is 7.21. The van der Waals surface area contributed by atoms with Crippen LogP contribution in [0.5, 0.6) is 0 Å². The lowest BCUT2D eigenvalue weighted by molar-refractivity contribution is -0.131. The molecule has 1 aromatic rings. The lowest BCUT2D eigenvalue weighted by Gasteiger charge is -2.18. The van der Waals surface area contributed by atoms with Gasteiger partial charge in [-0.15, -0.1) is 0 Å². The number of amides is 2. The Balaban J connectivity index is 2.46. The number of hydrogen-bond donors (Lipinski definition) is 2. The number of nitrogens with zero attached hydrogens (tertiary/aromatic N) is 1. The maximum atomic E-state index is 11.7. The second-order valence-electron chi connectivity index (χ2n) is 4.29. The van der Waals surface area contributed by atoms with Crippen LogP contribution in [0.1, 0.15) is 19.4 Å². The third kappa shape index (κ3) is 5.14. The first-order valence-electron chi connectivity index (χ1n) is 6.66. The summed E-state index contributed by atoms with van der Waals surface area (Å²) in [5, 5.41) is 2.57. The number of anilines is 1. The summed E-state index contributed by atoms with van der Waals surface area (Å²) in [5.41, 5.74) is 7.13. The average Bonchev–Trinajstić information content (AvgIpc) is 2.44. The quantitative estimate of drug-likeness (QED) is 0.606. The van der Waals surface area contributed by atoms with Gasteiger partial charge in [-0.05, 0) is 37.6 Å². The van der Waals surface area contributed by atoms with Gasteiger partial charge in [-0.1, -0.05) is 12.1 Å². The lowest BCUT2D eigenvalue weighted by Crippen LogP contribution is -2.39. The van der Waals surface area contributed by atoms with Gasteiger partial charge in [0.2, 0.25) is 11.8 Å². The molecule has 20 heavy (non-hydrogen) atoms. The van der Waals surface area contributed by atoms with Crippen molar-refractivity contribution in [1.82, 2.24) is 10.2 Å². The van der Waals surface area contributed by atoms with Gasteiger partial charge in [0.15, 0.2) is 0 Å². The zero-order chi connectivity index (χ0) is 15.0. The Labute approximate surface area is 119 Å². The number of hydrogen-bond acceptors (Lipinski definition) is 3. The summed E-state index contributed by atoms with van der Waals surface area (Å²) in [5.74, 6) is -0.381. The van der Waals surface area contributed by atoms with Gasteiger partial charge in [-0.2, -0.15) is 0 Å². The summed E-state index contributed by atoms with van der Waals surface area (Å²) in [6.45, 7) is 5.11. The molecule has 5 nitrogen and oxygen atoms in total. The third-order valence-electron chi connectivity index (χ3n) is 2.87. The Morgan fingerprint density at radius 1 is 1.30 bits per heavy atom. The van der Waals surface area contributed by atoms with E-state index < -0.39 is 0 Å². The molecule has 0 heterocycles. The molecule has 0 saturated heterocycles. The third-order valence-corrected chi connectivity index (χ3v) is 2.87. The van der Waals surface area contributed by atoms with Gasteiger partial charge in [0.05, 0.1) is 6.54 Å². The molecule has 1 aromatic carbocycles. The number of rotatable bonds is 6. The van der Waals surface area contributed by atoms with Gasteiger partial charge in [-0.25, -0.2) is 0 Å². The summed E-state index contributed by atoms with van der Waals surface area (Å²) >= 11 is 0. The minimum Gasteiger partial charge on any atom is -0.399 e. The van der Waals surface area contributed by atoms with Crippen molar-refractivity contribution in [2.75, 3.05) is 25.4 Å². The van der Waals surface area contributed by atoms with Crippen LogP contribution in [-0.2, 0) is 9.59 Å². The van der Waals surface area contributed by atoms with E-state index in [9.17, 15) is 9.59 Å². The summed E-state index contributed by atoms with van der Waals surface area (Å²) in [6.07, 6.45) is 3.05. The van der Waals surface area contributed by atoms with Crippen LogP contribution in [0.25, 0.3) is 6.08 Å². The number of likely N-dealkylation sites (N-methyl/N-ethyl adjacent to an activating group) is 1. The highest BCUT2D eigenvalue weighted by Crippen LogP contribution is 2.07. The second kappa shape index (κ2) is 7.99. The molecule has 0 fully saturated rings. The standard InChI is InChI=1S/C15H21N3O2/c1-3-18(4-2)15(20)11-17-14(19)9-8-12-6-5-7-13(16)10-12/h5-10H,3-4,11,16H2,1-2H3,(H,17,19)/b9-8+. The highest BCUT2D eigenvalue weighted by atomic mass is 16.2. The Morgan fingerprint density at radius 2 is 2.00 bits per heavy atom. The predicted octanol–water partition coefficient (Wildman–Crippen LogP) is 1.27. The maximum absolute atomic E-state index is 11.7. The topological polar surface area (TPSA) is 75.4 Å². The summed E-state index contributed by atoms with van der Waals surface area (Å²) < 4.78 is 0. The first kappa shape index (κ1) is 15.8. The van der Waals surface area contributed by atoms with Crippen molar-refractivity contribution in [1.29, 1.82) is 0 Å². The van der Waals surface area contributed by atoms with Crippen molar-refractivity contribution >= 4 is 23.6 Å². The van der Waals surface area contributed by atoms with Crippen molar-refractivity contribution in [3.05, 3.63) is 35.9 Å². The molecule has 0 unspecified atom stereocenters. The molecule has 5 heteroatoms. The first-order chi connectivity index (χ1) is 9.56. The smallest absolute Gasteiger partial charge is 0.244 e. The normalized spacial score (nSPS) is 10.5. The van der Waals surface area contributed by atoms with Crippen LogP contribution in [0.2, 0.25) is 0 Å². The maximum Gasteiger partial charge on any atom is 0.244 e. The molecule has 0 saturated carbocycles. The lowest BCUT2D eigenvalue weighted by atomic mass is 10.2. The summed E-state index contributed by atoms with van der Waals surface area (Å²) in [4.78, 5) is 25.0. The molecule has 108 valence electrons. The van der Waals surface area contributed by atoms with E-state index in [1.807, 2.05) is 26.0 Å². The van der Waals surface area contributed by atoms with Gasteiger partial charge < -0.3 is 16.0 Å². The molecule has 1 rings (SSSR count). The zero-order valence-electron chi connectivity index (χ0n) is 11.9. The Morgan fingerprint density at radius 3 is 2.60 bits per heavy atom.